The van der Waals surface area contributed by atoms with Gasteiger partial charge in [-0.2, -0.15) is 4.70 Å². The van der Waals surface area contributed by atoms with Crippen molar-refractivity contribution in [2.45, 2.75) is 32.7 Å². The first-order valence-corrected chi connectivity index (χ1v) is 6.55. The molecule has 0 aliphatic carbocycles. The van der Waals surface area contributed by atoms with Crippen LogP contribution in [0.3, 0.4) is 0 Å². The predicted molar refractivity (Wildman–Crippen MR) is 73.0 cm³/mol. The molecule has 2 rings (SSSR count). The third-order valence-electron chi connectivity index (χ3n) is 3.31. The SMILES string of the molecule is CCc1cc(CN)ccc1C1=NN=[N+](C)CCC1. The molecule has 1 aromatic rings. The molecule has 0 saturated heterocycles. The molecule has 1 aliphatic heterocycles. The Morgan fingerprint density at radius 2 is 2.22 bits per heavy atom. The van der Waals surface area contributed by atoms with Gasteiger partial charge in [0.1, 0.15) is 11.8 Å². The molecule has 0 radical (unpaired) electrons. The molecule has 1 aromatic carbocycles. The van der Waals surface area contributed by atoms with Crippen molar-refractivity contribution in [3.63, 3.8) is 0 Å². The fourth-order valence-electron chi connectivity index (χ4n) is 2.24. The van der Waals surface area contributed by atoms with Crippen LogP contribution in [-0.4, -0.2) is 24.0 Å². The minimum atomic E-state index is 0.590. The third kappa shape index (κ3) is 2.82. The first-order chi connectivity index (χ1) is 8.74. The van der Waals surface area contributed by atoms with E-state index < -0.39 is 0 Å². The second-order valence-electron chi connectivity index (χ2n) is 4.67. The fraction of sp³-hybridized carbons (Fsp3) is 0.500. The zero-order valence-corrected chi connectivity index (χ0v) is 11.2. The van der Waals surface area contributed by atoms with Gasteiger partial charge < -0.3 is 5.73 Å². The zero-order valence-electron chi connectivity index (χ0n) is 11.2. The van der Waals surface area contributed by atoms with Crippen molar-refractivity contribution in [1.29, 1.82) is 0 Å². The molecular formula is C14H21N4+. The van der Waals surface area contributed by atoms with Crippen molar-refractivity contribution in [2.75, 3.05) is 13.6 Å². The molecule has 0 unspecified atom stereocenters. The molecule has 1 heterocycles. The average Bonchev–Trinajstić information content (AvgIpc) is 2.62. The number of nitrogens with two attached hydrogens (primary N) is 1. The second kappa shape index (κ2) is 5.87. The van der Waals surface area contributed by atoms with Gasteiger partial charge in [-0.05, 0) is 24.0 Å². The van der Waals surface area contributed by atoms with E-state index in [2.05, 4.69) is 35.4 Å². The number of benzene rings is 1. The number of rotatable bonds is 3. The largest absolute Gasteiger partial charge is 0.326 e. The smallest absolute Gasteiger partial charge is 0.188 e. The number of hydrogen-bond donors (Lipinski definition) is 1. The Labute approximate surface area is 108 Å². The molecule has 0 spiro atoms. The van der Waals surface area contributed by atoms with Gasteiger partial charge in [-0.15, -0.1) is 0 Å². The van der Waals surface area contributed by atoms with Crippen LogP contribution in [0.15, 0.2) is 28.5 Å². The van der Waals surface area contributed by atoms with Gasteiger partial charge in [-0.3, -0.25) is 0 Å². The minimum Gasteiger partial charge on any atom is -0.326 e. The monoisotopic (exact) mass is 245 g/mol. The topological polar surface area (TPSA) is 53.7 Å². The minimum absolute atomic E-state index is 0.590. The Hall–Kier alpha value is -1.55. The van der Waals surface area contributed by atoms with Gasteiger partial charge in [0.05, 0.1) is 12.1 Å². The molecule has 0 saturated carbocycles. The van der Waals surface area contributed by atoms with Gasteiger partial charge in [0.15, 0.2) is 5.71 Å². The standard InChI is InChI=1S/C14H21N4/c1-3-12-9-11(10-15)6-7-13(12)14-5-4-8-18(2)17-16-14/h6-7,9H,3-5,8,10,15H2,1-2H3/q+1. The highest BCUT2D eigenvalue weighted by Crippen LogP contribution is 2.17. The van der Waals surface area contributed by atoms with Crippen molar-refractivity contribution >= 4 is 5.71 Å². The van der Waals surface area contributed by atoms with Crippen LogP contribution in [0.1, 0.15) is 36.5 Å². The van der Waals surface area contributed by atoms with Crippen LogP contribution in [0.4, 0.5) is 0 Å². The molecule has 0 fully saturated rings. The van der Waals surface area contributed by atoms with E-state index in [0.29, 0.717) is 6.54 Å². The maximum atomic E-state index is 5.69. The van der Waals surface area contributed by atoms with E-state index >= 15 is 0 Å². The Balaban J connectivity index is 2.38. The van der Waals surface area contributed by atoms with Crippen molar-refractivity contribution in [3.8, 4) is 0 Å². The van der Waals surface area contributed by atoms with E-state index in [9.17, 15) is 0 Å². The van der Waals surface area contributed by atoms with Crippen LogP contribution in [0, 0.1) is 0 Å². The highest BCUT2D eigenvalue weighted by molar-refractivity contribution is 6.01. The summed E-state index contributed by atoms with van der Waals surface area (Å²) in [6, 6.07) is 6.42. The van der Waals surface area contributed by atoms with Crippen LogP contribution >= 0.6 is 0 Å². The second-order valence-corrected chi connectivity index (χ2v) is 4.67. The first-order valence-electron chi connectivity index (χ1n) is 6.55. The lowest BCUT2D eigenvalue weighted by molar-refractivity contribution is -0.567. The summed E-state index contributed by atoms with van der Waals surface area (Å²) in [5.41, 5.74) is 10.5. The van der Waals surface area contributed by atoms with E-state index in [0.717, 1.165) is 31.5 Å². The molecule has 18 heavy (non-hydrogen) atoms. The van der Waals surface area contributed by atoms with Crippen molar-refractivity contribution < 1.29 is 4.70 Å². The third-order valence-corrected chi connectivity index (χ3v) is 3.31. The van der Waals surface area contributed by atoms with E-state index in [4.69, 9.17) is 5.73 Å². The van der Waals surface area contributed by atoms with Crippen LogP contribution in [0.5, 0.6) is 0 Å². The zero-order chi connectivity index (χ0) is 13.0. The lowest BCUT2D eigenvalue weighted by Gasteiger charge is -2.07. The van der Waals surface area contributed by atoms with Gasteiger partial charge >= 0.3 is 0 Å². The number of nitrogens with zero attached hydrogens (tertiary/aromatic N) is 3. The van der Waals surface area contributed by atoms with Crippen molar-refractivity contribution in [3.05, 3.63) is 34.9 Å². The normalized spacial score (nSPS) is 15.9. The summed E-state index contributed by atoms with van der Waals surface area (Å²) >= 11 is 0. The number of aryl methyl sites for hydroxylation is 1. The first kappa shape index (κ1) is 12.9. The fourth-order valence-corrected chi connectivity index (χ4v) is 2.24. The van der Waals surface area contributed by atoms with Crippen LogP contribution in [-0.2, 0) is 13.0 Å². The molecule has 0 aromatic heterocycles. The maximum Gasteiger partial charge on any atom is 0.188 e. The van der Waals surface area contributed by atoms with Crippen LogP contribution in [0.25, 0.3) is 0 Å². The van der Waals surface area contributed by atoms with E-state index in [1.807, 2.05) is 11.7 Å². The van der Waals surface area contributed by atoms with E-state index in [1.54, 1.807) is 0 Å². The lowest BCUT2D eigenvalue weighted by atomic mass is 9.96. The maximum absolute atomic E-state index is 5.69. The molecule has 96 valence electrons. The summed E-state index contributed by atoms with van der Waals surface area (Å²) in [4.78, 5) is 0. The molecule has 4 nitrogen and oxygen atoms in total. The Morgan fingerprint density at radius 3 is 2.94 bits per heavy atom. The highest BCUT2D eigenvalue weighted by atomic mass is 15.4. The van der Waals surface area contributed by atoms with Crippen LogP contribution in [0.2, 0.25) is 0 Å². The molecule has 0 atom stereocenters. The molecule has 4 heteroatoms. The van der Waals surface area contributed by atoms with Gasteiger partial charge in [-0.1, -0.05) is 25.1 Å². The number of hydrogen-bond acceptors (Lipinski definition) is 3. The van der Waals surface area contributed by atoms with E-state index in [-0.39, 0.29) is 0 Å². The highest BCUT2D eigenvalue weighted by Gasteiger charge is 2.17. The van der Waals surface area contributed by atoms with Crippen molar-refractivity contribution in [1.82, 2.24) is 0 Å². The van der Waals surface area contributed by atoms with Gasteiger partial charge in [0, 0.05) is 18.5 Å². The summed E-state index contributed by atoms with van der Waals surface area (Å²) in [6.45, 7) is 3.72. The molecule has 2 N–H and O–H groups in total. The van der Waals surface area contributed by atoms with Crippen LogP contribution < -0.4 is 5.73 Å². The molecule has 1 aliphatic rings. The molecule has 0 amide bonds. The molecular weight excluding hydrogens is 224 g/mol. The quantitative estimate of drug-likeness (QED) is 0.816. The Bertz CT molecular complexity index is 489. The van der Waals surface area contributed by atoms with E-state index in [1.165, 1.54) is 16.7 Å². The summed E-state index contributed by atoms with van der Waals surface area (Å²) in [6.07, 6.45) is 3.08. The summed E-state index contributed by atoms with van der Waals surface area (Å²) < 4.78 is 1.90. The Kier molecular flexibility index (Phi) is 4.20. The summed E-state index contributed by atoms with van der Waals surface area (Å²) in [5.74, 6) is 0. The summed E-state index contributed by atoms with van der Waals surface area (Å²) in [5, 5.41) is 8.57. The summed E-state index contributed by atoms with van der Waals surface area (Å²) in [7, 11) is 1.96. The van der Waals surface area contributed by atoms with Gasteiger partial charge in [0.25, 0.3) is 0 Å². The van der Waals surface area contributed by atoms with Gasteiger partial charge in [0.2, 0.25) is 0 Å². The van der Waals surface area contributed by atoms with Crippen molar-refractivity contribution in [2.24, 2.45) is 16.1 Å². The Morgan fingerprint density at radius 1 is 1.39 bits per heavy atom. The van der Waals surface area contributed by atoms with Gasteiger partial charge in [-0.25, -0.2) is 0 Å². The average molecular weight is 245 g/mol. The molecule has 0 bridgehead atoms. The lowest BCUT2D eigenvalue weighted by Crippen LogP contribution is -2.07. The predicted octanol–water partition coefficient (Wildman–Crippen LogP) is 2.30.